The molecule has 0 aliphatic carbocycles. The van der Waals surface area contributed by atoms with Gasteiger partial charge in [-0.3, -0.25) is 4.79 Å². The van der Waals surface area contributed by atoms with E-state index in [4.69, 9.17) is 9.15 Å². The third-order valence-electron chi connectivity index (χ3n) is 3.25. The lowest BCUT2D eigenvalue weighted by Gasteiger charge is -2.05. The van der Waals surface area contributed by atoms with Gasteiger partial charge in [0.15, 0.2) is 17.1 Å². The van der Waals surface area contributed by atoms with Gasteiger partial charge in [0.05, 0.1) is 0 Å². The summed E-state index contributed by atoms with van der Waals surface area (Å²) in [5, 5.41) is 0. The summed E-state index contributed by atoms with van der Waals surface area (Å²) >= 11 is 0. The third-order valence-corrected chi connectivity index (χ3v) is 3.25. The Morgan fingerprint density at radius 3 is 2.87 bits per heavy atom. The molecule has 116 valence electrons. The molecule has 4 nitrogen and oxygen atoms in total. The highest BCUT2D eigenvalue weighted by Gasteiger charge is 2.13. The van der Waals surface area contributed by atoms with Crippen LogP contribution in [0.5, 0.6) is 5.75 Å². The van der Waals surface area contributed by atoms with Gasteiger partial charge in [0.25, 0.3) is 0 Å². The van der Waals surface area contributed by atoms with E-state index in [0.717, 1.165) is 0 Å². The fourth-order valence-corrected chi connectivity index (χ4v) is 2.11. The summed E-state index contributed by atoms with van der Waals surface area (Å²) in [5.41, 5.74) is 1.80. The normalized spacial score (nSPS) is 10.7. The number of para-hydroxylation sites is 2. The average Bonchev–Trinajstić information content (AvgIpc) is 2.99. The number of halogens is 1. The van der Waals surface area contributed by atoms with Gasteiger partial charge in [-0.25, -0.2) is 9.37 Å². The third kappa shape index (κ3) is 3.29. The zero-order chi connectivity index (χ0) is 16.2. The number of carbonyl (C=O) groups is 1. The number of hydrogen-bond donors (Lipinski definition) is 0. The summed E-state index contributed by atoms with van der Waals surface area (Å²) < 4.78 is 24.7. The van der Waals surface area contributed by atoms with Gasteiger partial charge in [-0.05, 0) is 36.8 Å². The van der Waals surface area contributed by atoms with Crippen molar-refractivity contribution in [1.82, 2.24) is 4.98 Å². The molecule has 0 fully saturated rings. The van der Waals surface area contributed by atoms with Crippen LogP contribution in [0.25, 0.3) is 22.6 Å². The van der Waals surface area contributed by atoms with E-state index in [2.05, 4.69) is 11.6 Å². The van der Waals surface area contributed by atoms with Crippen molar-refractivity contribution in [2.45, 2.75) is 12.8 Å². The van der Waals surface area contributed by atoms with Gasteiger partial charge in [-0.2, -0.15) is 0 Å². The van der Waals surface area contributed by atoms with Crippen LogP contribution in [-0.4, -0.2) is 11.0 Å². The van der Waals surface area contributed by atoms with Crippen molar-refractivity contribution in [2.75, 3.05) is 0 Å². The molecular weight excluding hydrogens is 297 g/mol. The van der Waals surface area contributed by atoms with Gasteiger partial charge in [-0.1, -0.05) is 18.2 Å². The Bertz CT molecular complexity index is 837. The largest absolute Gasteiger partial charge is 0.436 e. The molecule has 0 N–H and O–H groups in total. The van der Waals surface area contributed by atoms with E-state index in [1.807, 2.05) is 18.2 Å². The highest BCUT2D eigenvalue weighted by molar-refractivity contribution is 5.76. The molecule has 0 atom stereocenters. The predicted molar refractivity (Wildman–Crippen MR) is 84.5 cm³/mol. The monoisotopic (exact) mass is 311 g/mol. The number of esters is 1. The van der Waals surface area contributed by atoms with Crippen LogP contribution in [0.2, 0.25) is 0 Å². The number of oxazole rings is 1. The first-order valence-electron chi connectivity index (χ1n) is 7.14. The number of fused-ring (bicyclic) bond motifs is 1. The lowest BCUT2D eigenvalue weighted by molar-refractivity contribution is -0.134. The van der Waals surface area contributed by atoms with Gasteiger partial charge < -0.3 is 9.15 Å². The molecule has 0 unspecified atom stereocenters. The minimum Gasteiger partial charge on any atom is -0.436 e. The van der Waals surface area contributed by atoms with E-state index in [1.54, 1.807) is 18.2 Å². The van der Waals surface area contributed by atoms with E-state index < -0.39 is 11.8 Å². The topological polar surface area (TPSA) is 52.3 Å². The fourth-order valence-electron chi connectivity index (χ4n) is 2.11. The summed E-state index contributed by atoms with van der Waals surface area (Å²) in [5.74, 6) is -0.941. The maximum atomic E-state index is 14.1. The lowest BCUT2D eigenvalue weighted by atomic mass is 10.2. The Hall–Kier alpha value is -2.95. The zero-order valence-electron chi connectivity index (χ0n) is 12.3. The fraction of sp³-hybridized carbons (Fsp3) is 0.111. The molecule has 5 heteroatoms. The molecule has 0 aliphatic heterocycles. The second-order valence-electron chi connectivity index (χ2n) is 4.93. The van der Waals surface area contributed by atoms with Crippen molar-refractivity contribution in [3.8, 4) is 17.2 Å². The molecule has 0 saturated carbocycles. The molecule has 3 rings (SSSR count). The molecule has 3 aromatic rings. The second kappa shape index (κ2) is 6.44. The number of nitrogens with zero attached hydrogens (tertiary/aromatic N) is 1. The van der Waals surface area contributed by atoms with E-state index in [-0.39, 0.29) is 12.2 Å². The standard InChI is InChI=1S/C18H14FNO3/c1-2-3-8-17(21)22-15-10-9-12(11-13(15)19)18-20-14-6-4-5-7-16(14)23-18/h2,4-7,9-11H,1,3,8H2. The maximum Gasteiger partial charge on any atom is 0.311 e. The number of benzene rings is 2. The molecule has 0 saturated heterocycles. The Morgan fingerprint density at radius 2 is 2.13 bits per heavy atom. The van der Waals surface area contributed by atoms with Crippen molar-refractivity contribution in [3.05, 3.63) is 60.9 Å². The molecule has 23 heavy (non-hydrogen) atoms. The van der Waals surface area contributed by atoms with Gasteiger partial charge in [0, 0.05) is 12.0 Å². The summed E-state index contributed by atoms with van der Waals surface area (Å²) in [4.78, 5) is 15.8. The van der Waals surface area contributed by atoms with Crippen molar-refractivity contribution in [1.29, 1.82) is 0 Å². The van der Waals surface area contributed by atoms with Crippen molar-refractivity contribution in [2.24, 2.45) is 0 Å². The van der Waals surface area contributed by atoms with Crippen LogP contribution in [0, 0.1) is 5.82 Å². The number of rotatable bonds is 5. The zero-order valence-corrected chi connectivity index (χ0v) is 12.3. The average molecular weight is 311 g/mol. The van der Waals surface area contributed by atoms with E-state index in [1.165, 1.54) is 12.1 Å². The Labute approximate surface area is 132 Å². The second-order valence-corrected chi connectivity index (χ2v) is 4.93. The van der Waals surface area contributed by atoms with Crippen molar-refractivity contribution < 1.29 is 18.3 Å². The highest BCUT2D eigenvalue weighted by atomic mass is 19.1. The molecule has 0 aliphatic rings. The SMILES string of the molecule is C=CCCC(=O)Oc1ccc(-c2nc3ccccc3o2)cc1F. The Morgan fingerprint density at radius 1 is 1.30 bits per heavy atom. The Kier molecular flexibility index (Phi) is 4.19. The van der Waals surface area contributed by atoms with Crippen LogP contribution >= 0.6 is 0 Å². The maximum absolute atomic E-state index is 14.1. The highest BCUT2D eigenvalue weighted by Crippen LogP contribution is 2.28. The van der Waals surface area contributed by atoms with Crippen LogP contribution in [0.4, 0.5) is 4.39 Å². The van der Waals surface area contributed by atoms with Gasteiger partial charge in [-0.15, -0.1) is 6.58 Å². The summed E-state index contributed by atoms with van der Waals surface area (Å²) in [6.07, 6.45) is 2.26. The van der Waals surface area contributed by atoms with Crippen LogP contribution in [0.15, 0.2) is 59.5 Å². The molecule has 0 bridgehead atoms. The number of carbonyl (C=O) groups excluding carboxylic acids is 1. The summed E-state index contributed by atoms with van der Waals surface area (Å²) in [6, 6.07) is 11.5. The smallest absolute Gasteiger partial charge is 0.311 e. The summed E-state index contributed by atoms with van der Waals surface area (Å²) in [7, 11) is 0. The minimum atomic E-state index is -0.642. The van der Waals surface area contributed by atoms with Crippen LogP contribution in [0.3, 0.4) is 0 Å². The van der Waals surface area contributed by atoms with Gasteiger partial charge >= 0.3 is 5.97 Å². The number of allylic oxidation sites excluding steroid dienone is 1. The molecular formula is C18H14FNO3. The Balaban J connectivity index is 1.83. The van der Waals surface area contributed by atoms with Crippen molar-refractivity contribution in [3.63, 3.8) is 0 Å². The number of ether oxygens (including phenoxy) is 1. The van der Waals surface area contributed by atoms with Crippen molar-refractivity contribution >= 4 is 17.1 Å². The molecule has 1 aromatic heterocycles. The lowest BCUT2D eigenvalue weighted by Crippen LogP contribution is -2.08. The number of aromatic nitrogens is 1. The van der Waals surface area contributed by atoms with E-state index in [9.17, 15) is 9.18 Å². The molecule has 2 aromatic carbocycles. The van der Waals surface area contributed by atoms with Gasteiger partial charge in [0.2, 0.25) is 5.89 Å². The molecule has 1 heterocycles. The first-order valence-corrected chi connectivity index (χ1v) is 7.14. The van der Waals surface area contributed by atoms with E-state index >= 15 is 0 Å². The van der Waals surface area contributed by atoms with Crippen LogP contribution in [-0.2, 0) is 4.79 Å². The first kappa shape index (κ1) is 15.0. The molecule has 0 amide bonds. The predicted octanol–water partition coefficient (Wildman–Crippen LogP) is 4.51. The molecule has 0 spiro atoms. The first-order chi connectivity index (χ1) is 11.2. The number of hydrogen-bond acceptors (Lipinski definition) is 4. The van der Waals surface area contributed by atoms with Gasteiger partial charge in [0.1, 0.15) is 5.52 Å². The summed E-state index contributed by atoms with van der Waals surface area (Å²) in [6.45, 7) is 3.52. The minimum absolute atomic E-state index is 0.112. The van der Waals surface area contributed by atoms with E-state index in [0.29, 0.717) is 29.0 Å². The molecule has 0 radical (unpaired) electrons. The van der Waals surface area contributed by atoms with Crippen LogP contribution < -0.4 is 4.74 Å². The quantitative estimate of drug-likeness (QED) is 0.395. The van der Waals surface area contributed by atoms with Crippen LogP contribution in [0.1, 0.15) is 12.8 Å².